The summed E-state index contributed by atoms with van der Waals surface area (Å²) in [5.41, 5.74) is 11.5. The highest BCUT2D eigenvalue weighted by Crippen LogP contribution is 2.42. The fourth-order valence-corrected chi connectivity index (χ4v) is 4.25. The van der Waals surface area contributed by atoms with Crippen molar-refractivity contribution in [3.05, 3.63) is 59.3 Å². The Morgan fingerprint density at radius 3 is 2.62 bits per heavy atom. The van der Waals surface area contributed by atoms with E-state index in [1.165, 1.54) is 5.56 Å². The van der Waals surface area contributed by atoms with Crippen LogP contribution in [0, 0.1) is 6.92 Å². The second-order valence-electron chi connectivity index (χ2n) is 9.49. The summed E-state index contributed by atoms with van der Waals surface area (Å²) in [5.74, 6) is 0.366. The first kappa shape index (κ1) is 23.4. The Kier molecular flexibility index (Phi) is 6.15. The number of fused-ring (bicyclic) bond motifs is 1. The third-order valence-electron chi connectivity index (χ3n) is 5.51. The van der Waals surface area contributed by atoms with Gasteiger partial charge in [-0.1, -0.05) is 0 Å². The Morgan fingerprint density at radius 1 is 1.18 bits per heavy atom. The molecule has 0 saturated heterocycles. The maximum atomic E-state index is 11.7. The molecule has 2 aromatic heterocycles. The number of benzene rings is 2. The molecule has 5 rings (SSSR count). The lowest BCUT2D eigenvalue weighted by Gasteiger charge is -2.21. The van der Waals surface area contributed by atoms with E-state index >= 15 is 0 Å². The van der Waals surface area contributed by atoms with Crippen LogP contribution in [0.4, 0.5) is 5.82 Å². The number of anilines is 1. The number of nitrogen functional groups attached to an aromatic ring is 1. The molecular formula is C27H29N3O4. The zero-order chi connectivity index (χ0) is 24.6. The second-order valence-corrected chi connectivity index (χ2v) is 9.49. The molecule has 0 radical (unpaired) electrons. The molecule has 0 fully saturated rings. The van der Waals surface area contributed by atoms with E-state index in [-0.39, 0.29) is 6.42 Å². The van der Waals surface area contributed by atoms with Crippen LogP contribution in [0.25, 0.3) is 32.9 Å². The van der Waals surface area contributed by atoms with Gasteiger partial charge in [-0.15, -0.1) is 0 Å². The minimum atomic E-state index is -0.879. The lowest BCUT2D eigenvalue weighted by atomic mass is 9.88. The molecule has 7 heteroatoms. The van der Waals surface area contributed by atoms with Gasteiger partial charge in [-0.05, 0) is 86.3 Å². The number of aliphatic hydroxyl groups is 1. The first-order valence-corrected chi connectivity index (χ1v) is 11.2. The molecule has 0 atom stereocenters. The molecule has 4 aromatic rings. The van der Waals surface area contributed by atoms with Crippen molar-refractivity contribution in [1.29, 1.82) is 0 Å². The third-order valence-corrected chi connectivity index (χ3v) is 5.51. The Hall–Kier alpha value is -3.71. The molecule has 0 spiro atoms. The minimum Gasteiger partial charge on any atom is -0.493 e. The molecule has 34 heavy (non-hydrogen) atoms. The number of nitrogens with zero attached hydrogens (tertiary/aromatic N) is 2. The van der Waals surface area contributed by atoms with Gasteiger partial charge in [0.05, 0.1) is 29.7 Å². The van der Waals surface area contributed by atoms with Gasteiger partial charge in [-0.3, -0.25) is 9.78 Å². The molecule has 176 valence electrons. The molecule has 1 aliphatic heterocycles. The van der Waals surface area contributed by atoms with Crippen LogP contribution in [-0.4, -0.2) is 38.4 Å². The number of carboxylic acids is 1. The van der Waals surface area contributed by atoms with Crippen LogP contribution in [0.5, 0.6) is 5.75 Å². The van der Waals surface area contributed by atoms with E-state index in [1.54, 1.807) is 33.0 Å². The van der Waals surface area contributed by atoms with Crippen molar-refractivity contribution < 1.29 is 19.7 Å². The fraction of sp³-hybridized carbons (Fsp3) is 0.296. The highest BCUT2D eigenvalue weighted by molar-refractivity contribution is 6.08. The lowest BCUT2D eigenvalue weighted by Crippen LogP contribution is -2.10. The van der Waals surface area contributed by atoms with E-state index in [0.29, 0.717) is 12.4 Å². The number of nitrogens with two attached hydrogens (primary N) is 1. The first-order valence-electron chi connectivity index (χ1n) is 11.2. The summed E-state index contributed by atoms with van der Waals surface area (Å²) in [6.07, 6.45) is 2.55. The average molecular weight is 460 g/mol. The minimum absolute atomic E-state index is 0.0824. The zero-order valence-corrected chi connectivity index (χ0v) is 19.8. The highest BCUT2D eigenvalue weighted by atomic mass is 16.5. The quantitative estimate of drug-likeness (QED) is 0.407. The van der Waals surface area contributed by atoms with Crippen molar-refractivity contribution in [2.75, 3.05) is 12.3 Å². The normalized spacial score (nSPS) is 12.7. The maximum absolute atomic E-state index is 11.7. The molecule has 0 saturated carbocycles. The number of aromatic nitrogens is 2. The third kappa shape index (κ3) is 4.79. The van der Waals surface area contributed by atoms with E-state index in [9.17, 15) is 9.90 Å². The number of aryl methyl sites for hydroxylation is 1. The van der Waals surface area contributed by atoms with Gasteiger partial charge < -0.3 is 20.7 Å². The summed E-state index contributed by atoms with van der Waals surface area (Å²) < 4.78 is 5.85. The predicted octanol–water partition coefficient (Wildman–Crippen LogP) is 4.68. The van der Waals surface area contributed by atoms with Crippen LogP contribution in [-0.2, 0) is 17.6 Å². The summed E-state index contributed by atoms with van der Waals surface area (Å²) in [5, 5.41) is 19.9. The Morgan fingerprint density at radius 2 is 1.91 bits per heavy atom. The summed E-state index contributed by atoms with van der Waals surface area (Å²) in [6.45, 7) is 7.78. The number of ether oxygens (including phenoxy) is 1. The second kappa shape index (κ2) is 8.91. The highest BCUT2D eigenvalue weighted by Gasteiger charge is 2.22. The van der Waals surface area contributed by atoms with Gasteiger partial charge in [-0.2, -0.15) is 0 Å². The number of hydrogen-bond acceptors (Lipinski definition) is 6. The zero-order valence-electron chi connectivity index (χ0n) is 19.8. The van der Waals surface area contributed by atoms with E-state index < -0.39 is 11.6 Å². The van der Waals surface area contributed by atoms with Gasteiger partial charge in [0.15, 0.2) is 0 Å². The molecule has 0 aliphatic carbocycles. The largest absolute Gasteiger partial charge is 0.493 e. The summed E-state index contributed by atoms with van der Waals surface area (Å²) >= 11 is 0. The SMILES string of the molecule is CC(C)(C)O.Cc1cc2nc(N)ccc2c(-c2ccc3c4c(ccnc24)CCO3)c1CC(=O)O. The molecule has 0 amide bonds. The number of carboxylic acid groups (broad SMARTS) is 1. The van der Waals surface area contributed by atoms with E-state index in [4.69, 9.17) is 15.6 Å². The first-order chi connectivity index (χ1) is 16.0. The van der Waals surface area contributed by atoms with Crippen LogP contribution in [0.15, 0.2) is 42.6 Å². The van der Waals surface area contributed by atoms with E-state index in [0.717, 1.165) is 56.2 Å². The monoisotopic (exact) mass is 459 g/mol. The number of pyridine rings is 2. The van der Waals surface area contributed by atoms with Gasteiger partial charge in [0.2, 0.25) is 0 Å². The van der Waals surface area contributed by atoms with Crippen LogP contribution < -0.4 is 10.5 Å². The molecule has 3 heterocycles. The number of hydrogen-bond donors (Lipinski definition) is 3. The van der Waals surface area contributed by atoms with Gasteiger partial charge in [0, 0.05) is 29.0 Å². The van der Waals surface area contributed by atoms with Crippen molar-refractivity contribution >= 4 is 33.6 Å². The Balaban J connectivity index is 0.000000499. The Labute approximate surface area is 198 Å². The molecule has 7 nitrogen and oxygen atoms in total. The van der Waals surface area contributed by atoms with Crippen molar-refractivity contribution in [3.63, 3.8) is 0 Å². The Bertz CT molecular complexity index is 1390. The van der Waals surface area contributed by atoms with E-state index in [2.05, 4.69) is 9.97 Å². The maximum Gasteiger partial charge on any atom is 0.307 e. The van der Waals surface area contributed by atoms with Crippen molar-refractivity contribution in [3.8, 4) is 16.9 Å². The lowest BCUT2D eigenvalue weighted by molar-refractivity contribution is -0.136. The van der Waals surface area contributed by atoms with Gasteiger partial charge in [0.25, 0.3) is 0 Å². The van der Waals surface area contributed by atoms with Gasteiger partial charge in [0.1, 0.15) is 11.6 Å². The predicted molar refractivity (Wildman–Crippen MR) is 134 cm³/mol. The van der Waals surface area contributed by atoms with Crippen molar-refractivity contribution in [1.82, 2.24) is 9.97 Å². The van der Waals surface area contributed by atoms with Crippen LogP contribution in [0.2, 0.25) is 0 Å². The molecule has 4 N–H and O–H groups in total. The smallest absolute Gasteiger partial charge is 0.307 e. The molecule has 0 unspecified atom stereocenters. The number of rotatable bonds is 3. The molecule has 2 aromatic carbocycles. The topological polar surface area (TPSA) is 119 Å². The standard InChI is InChI=1S/C23H19N3O3.C4H10O/c1-12-10-17-14(3-5-19(24)26-17)22(16(12)11-20(27)28)15-2-4-18-21-13(7-9-29-18)6-8-25-23(15)21;1-4(2,3)5/h2-6,8,10H,7,9,11H2,1H3,(H2,24,26)(H,27,28);5H,1-3H3. The number of aliphatic carboxylic acids is 1. The molecule has 0 bridgehead atoms. The van der Waals surface area contributed by atoms with Crippen LogP contribution in [0.3, 0.4) is 0 Å². The summed E-state index contributed by atoms with van der Waals surface area (Å²) in [7, 11) is 0. The van der Waals surface area contributed by atoms with Crippen molar-refractivity contribution in [2.24, 2.45) is 0 Å². The van der Waals surface area contributed by atoms with Crippen molar-refractivity contribution in [2.45, 2.75) is 46.1 Å². The van der Waals surface area contributed by atoms with Crippen LogP contribution in [0.1, 0.15) is 37.5 Å². The molecular weight excluding hydrogens is 430 g/mol. The summed E-state index contributed by atoms with van der Waals surface area (Å²) in [6, 6.07) is 11.5. The summed E-state index contributed by atoms with van der Waals surface area (Å²) in [4.78, 5) is 20.8. The van der Waals surface area contributed by atoms with E-state index in [1.807, 2.05) is 37.3 Å². The molecule has 1 aliphatic rings. The number of carbonyl (C=O) groups is 1. The van der Waals surface area contributed by atoms with Crippen LogP contribution >= 0.6 is 0 Å². The fourth-order valence-electron chi connectivity index (χ4n) is 4.25. The van der Waals surface area contributed by atoms with Gasteiger partial charge in [-0.25, -0.2) is 4.98 Å². The average Bonchev–Trinajstić information content (AvgIpc) is 2.74. The van der Waals surface area contributed by atoms with Gasteiger partial charge >= 0.3 is 5.97 Å².